The maximum atomic E-state index is 13.2. The summed E-state index contributed by atoms with van der Waals surface area (Å²) in [4.78, 5) is 11.7. The first-order chi connectivity index (χ1) is 16.5. The second-order valence-electron chi connectivity index (χ2n) is 7.53. The van der Waals surface area contributed by atoms with Crippen LogP contribution in [0.15, 0.2) is 79.0 Å². The summed E-state index contributed by atoms with van der Waals surface area (Å²) < 4.78 is 45.5. The quantitative estimate of drug-likeness (QED) is 0.326. The third-order valence-corrected chi connectivity index (χ3v) is 5.37. The molecule has 0 aromatic heterocycles. The van der Waals surface area contributed by atoms with Crippen molar-refractivity contribution >= 4 is 23.1 Å². The number of hydrogen-bond donors (Lipinski definition) is 3. The number of nitrogens with two attached hydrogens (primary N) is 1. The van der Waals surface area contributed by atoms with Crippen molar-refractivity contribution < 1.29 is 27.8 Å². The van der Waals surface area contributed by atoms with E-state index in [-0.39, 0.29) is 40.4 Å². The molecule has 5 nitrogen and oxygen atoms in total. The van der Waals surface area contributed by atoms with Gasteiger partial charge in [0.1, 0.15) is 23.8 Å². The fraction of sp³-hybridized carbons (Fsp3) is 0.115. The molecule has 3 rings (SSSR count). The second-order valence-corrected chi connectivity index (χ2v) is 7.96. The van der Waals surface area contributed by atoms with Gasteiger partial charge in [0.2, 0.25) is 5.91 Å². The van der Waals surface area contributed by atoms with Crippen LogP contribution in [-0.4, -0.2) is 24.2 Å². The predicted molar refractivity (Wildman–Crippen MR) is 130 cm³/mol. The van der Waals surface area contributed by atoms with Crippen molar-refractivity contribution in [2.75, 3.05) is 7.05 Å². The molecule has 0 radical (unpaired) electrons. The Hall–Kier alpha value is -3.91. The first kappa shape index (κ1) is 25.7. The lowest BCUT2D eigenvalue weighted by molar-refractivity contribution is -0.0959. The summed E-state index contributed by atoms with van der Waals surface area (Å²) in [6, 6.07) is 16.0. The highest BCUT2D eigenvalue weighted by Gasteiger charge is 2.33. The average Bonchev–Trinajstić information content (AvgIpc) is 2.81. The lowest BCUT2D eigenvalue weighted by atomic mass is 9.95. The largest absolute Gasteiger partial charge is 0.507 e. The minimum atomic E-state index is -4.63. The zero-order valence-electron chi connectivity index (χ0n) is 18.6. The Morgan fingerprint density at radius 2 is 1.86 bits per heavy atom. The van der Waals surface area contributed by atoms with E-state index >= 15 is 0 Å². The van der Waals surface area contributed by atoms with Gasteiger partial charge in [-0.1, -0.05) is 42.4 Å². The standard InChI is InChI=1S/C26H22ClF3N2O3/c1-15(12-22(32-2)26(28,29)30)20-10-11-21(35-14-16-6-8-19(27)9-7-16)23(24(20)33)17-4-3-5-18(13-17)25(31)34/h3-13,32-33H,1,14H2,2H3,(H2,31,34)/b22-12-. The molecule has 3 aromatic carbocycles. The predicted octanol–water partition coefficient (Wildman–Crippen LogP) is 6.07. The van der Waals surface area contributed by atoms with E-state index in [2.05, 4.69) is 11.9 Å². The summed E-state index contributed by atoms with van der Waals surface area (Å²) in [6.45, 7) is 3.82. The highest BCUT2D eigenvalue weighted by atomic mass is 35.5. The fourth-order valence-corrected chi connectivity index (χ4v) is 3.47. The van der Waals surface area contributed by atoms with Crippen LogP contribution in [0.2, 0.25) is 5.02 Å². The van der Waals surface area contributed by atoms with Gasteiger partial charge in [0.05, 0.1) is 5.56 Å². The molecular weight excluding hydrogens is 481 g/mol. The molecule has 0 unspecified atom stereocenters. The minimum Gasteiger partial charge on any atom is -0.507 e. The van der Waals surface area contributed by atoms with Crippen LogP contribution in [0.5, 0.6) is 11.5 Å². The first-order valence-electron chi connectivity index (χ1n) is 10.3. The van der Waals surface area contributed by atoms with E-state index in [4.69, 9.17) is 22.1 Å². The molecule has 0 aliphatic rings. The number of alkyl halides is 3. The number of nitrogens with one attached hydrogen (secondary N) is 1. The topological polar surface area (TPSA) is 84.6 Å². The average molecular weight is 503 g/mol. The Balaban J connectivity index is 2.10. The van der Waals surface area contributed by atoms with E-state index in [1.165, 1.54) is 24.3 Å². The highest BCUT2D eigenvalue weighted by Crippen LogP contribution is 2.43. The van der Waals surface area contributed by atoms with Crippen molar-refractivity contribution in [2.24, 2.45) is 5.73 Å². The van der Waals surface area contributed by atoms with Crippen molar-refractivity contribution in [1.29, 1.82) is 0 Å². The number of phenols is 1. The van der Waals surface area contributed by atoms with Crippen molar-refractivity contribution in [3.8, 4) is 22.6 Å². The zero-order chi connectivity index (χ0) is 25.8. The molecule has 0 bridgehead atoms. The Kier molecular flexibility index (Phi) is 7.76. The maximum absolute atomic E-state index is 13.2. The number of amides is 1. The van der Waals surface area contributed by atoms with Crippen LogP contribution in [0, 0.1) is 0 Å². The smallest absolute Gasteiger partial charge is 0.430 e. The van der Waals surface area contributed by atoms with Crippen molar-refractivity contribution in [3.63, 3.8) is 0 Å². The Morgan fingerprint density at radius 1 is 1.17 bits per heavy atom. The molecule has 0 aliphatic heterocycles. The minimum absolute atomic E-state index is 0.0559. The number of benzene rings is 3. The number of ether oxygens (including phenoxy) is 1. The fourth-order valence-electron chi connectivity index (χ4n) is 3.35. The van der Waals surface area contributed by atoms with E-state index in [0.29, 0.717) is 10.6 Å². The number of aromatic hydroxyl groups is 1. The lowest BCUT2D eigenvalue weighted by Gasteiger charge is -2.18. The molecule has 4 N–H and O–H groups in total. The number of hydrogen-bond acceptors (Lipinski definition) is 4. The van der Waals surface area contributed by atoms with Gasteiger partial charge in [-0.05, 0) is 59.2 Å². The SMILES string of the molecule is C=C(/C=C(\NC)C(F)(F)F)c1ccc(OCc2ccc(Cl)cc2)c(-c2cccc(C(N)=O)c2)c1O. The molecule has 0 aliphatic carbocycles. The number of phenolic OH excluding ortho intramolecular Hbond substituents is 1. The monoisotopic (exact) mass is 502 g/mol. The van der Waals surface area contributed by atoms with Crippen LogP contribution >= 0.6 is 11.6 Å². The van der Waals surface area contributed by atoms with Crippen LogP contribution < -0.4 is 15.8 Å². The molecule has 182 valence electrons. The van der Waals surface area contributed by atoms with Gasteiger partial charge < -0.3 is 20.9 Å². The van der Waals surface area contributed by atoms with Crippen molar-refractivity contribution in [2.45, 2.75) is 12.8 Å². The molecule has 1 amide bonds. The molecule has 35 heavy (non-hydrogen) atoms. The molecule has 0 atom stereocenters. The third kappa shape index (κ3) is 6.16. The number of allylic oxidation sites excluding steroid dienone is 3. The number of rotatable bonds is 8. The second kappa shape index (κ2) is 10.6. The molecular formula is C26H22ClF3N2O3. The highest BCUT2D eigenvalue weighted by molar-refractivity contribution is 6.30. The maximum Gasteiger partial charge on any atom is 0.430 e. The van der Waals surface area contributed by atoms with Crippen LogP contribution in [-0.2, 0) is 6.61 Å². The van der Waals surface area contributed by atoms with Gasteiger partial charge in [-0.15, -0.1) is 0 Å². The molecule has 0 saturated heterocycles. The molecule has 0 spiro atoms. The molecule has 9 heteroatoms. The van der Waals surface area contributed by atoms with E-state index < -0.39 is 17.8 Å². The van der Waals surface area contributed by atoms with Gasteiger partial charge in [0.15, 0.2) is 0 Å². The van der Waals surface area contributed by atoms with Gasteiger partial charge in [0, 0.05) is 23.2 Å². The number of carbonyl (C=O) groups is 1. The number of carbonyl (C=O) groups excluding carboxylic acids is 1. The zero-order valence-corrected chi connectivity index (χ0v) is 19.4. The van der Waals surface area contributed by atoms with Crippen LogP contribution in [0.4, 0.5) is 13.2 Å². The van der Waals surface area contributed by atoms with Crippen molar-refractivity contribution in [1.82, 2.24) is 5.32 Å². The van der Waals surface area contributed by atoms with Crippen molar-refractivity contribution in [3.05, 3.63) is 101 Å². The van der Waals surface area contributed by atoms with E-state index in [0.717, 1.165) is 18.7 Å². The van der Waals surface area contributed by atoms with Gasteiger partial charge >= 0.3 is 6.18 Å². The molecule has 0 fully saturated rings. The molecule has 0 heterocycles. The van der Waals surface area contributed by atoms with Gasteiger partial charge in [-0.2, -0.15) is 13.2 Å². The summed E-state index contributed by atoms with van der Waals surface area (Å²) in [5.74, 6) is -0.800. The number of primary amides is 1. The summed E-state index contributed by atoms with van der Waals surface area (Å²) >= 11 is 5.92. The molecule has 3 aromatic rings. The Morgan fingerprint density at radius 3 is 2.46 bits per heavy atom. The Bertz CT molecular complexity index is 1290. The van der Waals surface area contributed by atoms with Gasteiger partial charge in [-0.25, -0.2) is 0 Å². The summed E-state index contributed by atoms with van der Waals surface area (Å²) in [6.07, 6.45) is -3.83. The molecule has 0 saturated carbocycles. The van der Waals surface area contributed by atoms with Crippen LogP contribution in [0.25, 0.3) is 16.7 Å². The summed E-state index contributed by atoms with van der Waals surface area (Å²) in [5, 5.41) is 13.8. The normalized spacial score (nSPS) is 11.7. The third-order valence-electron chi connectivity index (χ3n) is 5.12. The van der Waals surface area contributed by atoms with Crippen LogP contribution in [0.3, 0.4) is 0 Å². The van der Waals surface area contributed by atoms with Crippen LogP contribution in [0.1, 0.15) is 21.5 Å². The van der Waals surface area contributed by atoms with E-state index in [1.54, 1.807) is 36.4 Å². The number of halogens is 4. The summed E-state index contributed by atoms with van der Waals surface area (Å²) in [7, 11) is 1.14. The van der Waals surface area contributed by atoms with Gasteiger partial charge in [0.25, 0.3) is 0 Å². The first-order valence-corrected chi connectivity index (χ1v) is 10.7. The van der Waals surface area contributed by atoms with E-state index in [9.17, 15) is 23.1 Å². The Labute approximate surface area is 205 Å². The lowest BCUT2D eigenvalue weighted by Crippen LogP contribution is -2.23. The van der Waals surface area contributed by atoms with Gasteiger partial charge in [-0.3, -0.25) is 4.79 Å². The summed E-state index contributed by atoms with van der Waals surface area (Å²) in [5.41, 5.74) is 5.88. The van der Waals surface area contributed by atoms with E-state index in [1.807, 2.05) is 0 Å².